The van der Waals surface area contributed by atoms with Gasteiger partial charge in [0.1, 0.15) is 5.69 Å². The molecule has 2 aromatic rings. The number of carbonyl (C=O) groups excluding carboxylic acids is 2. The quantitative estimate of drug-likeness (QED) is 0.533. The van der Waals surface area contributed by atoms with E-state index in [4.69, 9.17) is 0 Å². The van der Waals surface area contributed by atoms with Crippen molar-refractivity contribution in [1.82, 2.24) is 14.7 Å². The van der Waals surface area contributed by atoms with E-state index < -0.39 is 5.25 Å². The molecule has 0 spiro atoms. The van der Waals surface area contributed by atoms with Gasteiger partial charge in [-0.2, -0.15) is 0 Å². The van der Waals surface area contributed by atoms with Gasteiger partial charge in [-0.3, -0.25) is 19.1 Å². The molecule has 0 bridgehead atoms. The summed E-state index contributed by atoms with van der Waals surface area (Å²) in [4.78, 5) is 37.9. The standard InChI is InChI=1S/C24H36N4O3S/c1-16(2)11-10-12-17(3)25-21(29)15-32-19(5)23(30)26-22-18(4)27(6)28(24(22)31)20-13-8-7-9-14-20/h7-9,13-14,16-17,19H,10-12,15H2,1-6H3,(H,25,29)(H,26,30). The lowest BCUT2D eigenvalue weighted by Crippen LogP contribution is -2.35. The van der Waals surface area contributed by atoms with Gasteiger partial charge in [0, 0.05) is 13.1 Å². The number of rotatable bonds is 11. The highest BCUT2D eigenvalue weighted by molar-refractivity contribution is 8.01. The van der Waals surface area contributed by atoms with Gasteiger partial charge in [0.25, 0.3) is 5.56 Å². The van der Waals surface area contributed by atoms with Crippen LogP contribution < -0.4 is 16.2 Å². The predicted molar refractivity (Wildman–Crippen MR) is 133 cm³/mol. The maximum Gasteiger partial charge on any atom is 0.295 e. The second kappa shape index (κ2) is 11.9. The van der Waals surface area contributed by atoms with Crippen molar-refractivity contribution in [2.45, 2.75) is 65.2 Å². The summed E-state index contributed by atoms with van der Waals surface area (Å²) < 4.78 is 3.25. The van der Waals surface area contributed by atoms with E-state index in [1.165, 1.54) is 16.4 Å². The molecule has 0 saturated heterocycles. The molecular formula is C24H36N4O3S. The van der Waals surface area contributed by atoms with E-state index in [9.17, 15) is 14.4 Å². The first kappa shape index (κ1) is 25.8. The molecule has 2 N–H and O–H groups in total. The van der Waals surface area contributed by atoms with Gasteiger partial charge in [-0.15, -0.1) is 11.8 Å². The fourth-order valence-electron chi connectivity index (χ4n) is 3.43. The molecule has 0 aliphatic heterocycles. The van der Waals surface area contributed by atoms with Crippen LogP contribution in [0, 0.1) is 12.8 Å². The minimum absolute atomic E-state index is 0.0750. The number of nitrogens with one attached hydrogen (secondary N) is 2. The minimum Gasteiger partial charge on any atom is -0.353 e. The number of aromatic nitrogens is 2. The van der Waals surface area contributed by atoms with Crippen molar-refractivity contribution in [2.75, 3.05) is 11.1 Å². The van der Waals surface area contributed by atoms with E-state index in [1.807, 2.05) is 37.3 Å². The van der Waals surface area contributed by atoms with Crippen molar-refractivity contribution in [3.05, 3.63) is 46.4 Å². The lowest BCUT2D eigenvalue weighted by molar-refractivity contribution is -0.119. The Balaban J connectivity index is 1.92. The van der Waals surface area contributed by atoms with E-state index in [2.05, 4.69) is 24.5 Å². The fourth-order valence-corrected chi connectivity index (χ4v) is 4.13. The molecule has 176 valence electrons. The predicted octanol–water partition coefficient (Wildman–Crippen LogP) is 3.88. The summed E-state index contributed by atoms with van der Waals surface area (Å²) in [5, 5.41) is 5.29. The van der Waals surface area contributed by atoms with Crippen LogP contribution in [-0.2, 0) is 16.6 Å². The van der Waals surface area contributed by atoms with E-state index in [0.29, 0.717) is 11.6 Å². The highest BCUT2D eigenvalue weighted by atomic mass is 32.2. The minimum atomic E-state index is -0.471. The Morgan fingerprint density at radius 1 is 1.06 bits per heavy atom. The van der Waals surface area contributed by atoms with Crippen LogP contribution in [0.15, 0.2) is 35.1 Å². The molecule has 1 aromatic heterocycles. The molecule has 0 radical (unpaired) electrons. The van der Waals surface area contributed by atoms with E-state index in [-0.39, 0.29) is 34.9 Å². The third-order valence-electron chi connectivity index (χ3n) is 5.46. The van der Waals surface area contributed by atoms with Crippen LogP contribution in [0.2, 0.25) is 0 Å². The highest BCUT2D eigenvalue weighted by Crippen LogP contribution is 2.17. The third kappa shape index (κ3) is 7.02. The average molecular weight is 461 g/mol. The second-order valence-electron chi connectivity index (χ2n) is 8.67. The summed E-state index contributed by atoms with van der Waals surface area (Å²) in [5.74, 6) is 0.496. The molecule has 1 heterocycles. The maximum absolute atomic E-state index is 12.9. The highest BCUT2D eigenvalue weighted by Gasteiger charge is 2.22. The number of para-hydroxylation sites is 1. The molecule has 1 aromatic carbocycles. The van der Waals surface area contributed by atoms with Gasteiger partial charge < -0.3 is 10.6 Å². The first-order valence-electron chi connectivity index (χ1n) is 11.2. The number of anilines is 1. The molecule has 32 heavy (non-hydrogen) atoms. The van der Waals surface area contributed by atoms with Gasteiger partial charge in [-0.1, -0.05) is 44.9 Å². The van der Waals surface area contributed by atoms with Gasteiger partial charge >= 0.3 is 0 Å². The maximum atomic E-state index is 12.9. The summed E-state index contributed by atoms with van der Waals surface area (Å²) in [6.07, 6.45) is 3.19. The van der Waals surface area contributed by atoms with Gasteiger partial charge in [0.05, 0.1) is 22.4 Å². The second-order valence-corrected chi connectivity index (χ2v) is 10.0. The van der Waals surface area contributed by atoms with Gasteiger partial charge in [-0.05, 0) is 45.2 Å². The molecule has 2 amide bonds. The molecule has 8 heteroatoms. The van der Waals surface area contributed by atoms with Crippen LogP contribution in [0.1, 0.15) is 52.7 Å². The largest absolute Gasteiger partial charge is 0.353 e. The SMILES string of the molecule is Cc1c(NC(=O)C(C)SCC(=O)NC(C)CCCC(C)C)c(=O)n(-c2ccccc2)n1C. The fraction of sp³-hybridized carbons (Fsp3) is 0.542. The van der Waals surface area contributed by atoms with Crippen LogP contribution in [0.4, 0.5) is 5.69 Å². The number of nitrogens with zero attached hydrogens (tertiary/aromatic N) is 2. The number of carbonyl (C=O) groups is 2. The van der Waals surface area contributed by atoms with Crippen LogP contribution >= 0.6 is 11.8 Å². The van der Waals surface area contributed by atoms with Gasteiger partial charge in [0.2, 0.25) is 11.8 Å². The third-order valence-corrected chi connectivity index (χ3v) is 6.60. The zero-order valence-corrected chi connectivity index (χ0v) is 20.8. The van der Waals surface area contributed by atoms with Crippen molar-refractivity contribution in [3.8, 4) is 5.69 Å². The van der Waals surface area contributed by atoms with Crippen molar-refractivity contribution in [1.29, 1.82) is 0 Å². The topological polar surface area (TPSA) is 85.1 Å². The summed E-state index contributed by atoms with van der Waals surface area (Å²) in [7, 11) is 1.78. The van der Waals surface area contributed by atoms with Crippen molar-refractivity contribution >= 4 is 29.3 Å². The number of benzene rings is 1. The monoisotopic (exact) mass is 460 g/mol. The zero-order valence-electron chi connectivity index (χ0n) is 20.0. The first-order valence-corrected chi connectivity index (χ1v) is 12.2. The summed E-state index contributed by atoms with van der Waals surface area (Å²) in [6.45, 7) is 9.94. The van der Waals surface area contributed by atoms with Gasteiger partial charge in [-0.25, -0.2) is 4.68 Å². The number of thioether (sulfide) groups is 1. The average Bonchev–Trinajstić information content (AvgIpc) is 2.95. The van der Waals surface area contributed by atoms with E-state index in [0.717, 1.165) is 24.9 Å². The smallest absolute Gasteiger partial charge is 0.295 e. The van der Waals surface area contributed by atoms with Crippen molar-refractivity contribution in [3.63, 3.8) is 0 Å². The van der Waals surface area contributed by atoms with Crippen LogP contribution in [0.3, 0.4) is 0 Å². The van der Waals surface area contributed by atoms with Crippen LogP contribution in [0.5, 0.6) is 0 Å². The Kier molecular flexibility index (Phi) is 9.62. The number of hydrogen-bond donors (Lipinski definition) is 2. The molecule has 2 atom stereocenters. The lowest BCUT2D eigenvalue weighted by atomic mass is 10.0. The van der Waals surface area contributed by atoms with Gasteiger partial charge in [0.15, 0.2) is 0 Å². The zero-order chi connectivity index (χ0) is 23.8. The molecular weight excluding hydrogens is 424 g/mol. The Bertz CT molecular complexity index is 966. The molecule has 0 aliphatic carbocycles. The normalized spacial score (nSPS) is 13.1. The molecule has 0 aliphatic rings. The Morgan fingerprint density at radius 3 is 2.34 bits per heavy atom. The van der Waals surface area contributed by atoms with E-state index >= 15 is 0 Å². The summed E-state index contributed by atoms with van der Waals surface area (Å²) in [5.41, 5.74) is 1.37. The molecule has 7 nitrogen and oxygen atoms in total. The molecule has 0 saturated carbocycles. The summed E-state index contributed by atoms with van der Waals surface area (Å²) in [6, 6.07) is 9.40. The van der Waals surface area contributed by atoms with Crippen LogP contribution in [-0.4, -0.2) is 38.2 Å². The molecule has 2 rings (SSSR count). The Morgan fingerprint density at radius 2 is 1.72 bits per heavy atom. The van der Waals surface area contributed by atoms with Crippen molar-refractivity contribution < 1.29 is 9.59 Å². The number of hydrogen-bond acceptors (Lipinski definition) is 4. The van der Waals surface area contributed by atoms with Crippen molar-refractivity contribution in [2.24, 2.45) is 13.0 Å². The van der Waals surface area contributed by atoms with E-state index in [1.54, 1.807) is 25.6 Å². The Labute approximate surface area is 194 Å². The molecule has 0 fully saturated rings. The Hall–Kier alpha value is -2.48. The molecule has 2 unspecified atom stereocenters. The van der Waals surface area contributed by atoms with Crippen LogP contribution in [0.25, 0.3) is 5.69 Å². The lowest BCUT2D eigenvalue weighted by Gasteiger charge is -2.15. The first-order chi connectivity index (χ1) is 15.1. The number of amides is 2. The summed E-state index contributed by atoms with van der Waals surface area (Å²) >= 11 is 1.26.